The van der Waals surface area contributed by atoms with Crippen LogP contribution in [0.15, 0.2) is 36.4 Å². The van der Waals surface area contributed by atoms with Gasteiger partial charge in [0.25, 0.3) is 0 Å². The molecule has 0 aromatic heterocycles. The van der Waals surface area contributed by atoms with Gasteiger partial charge in [0, 0.05) is 5.92 Å². The van der Waals surface area contributed by atoms with Gasteiger partial charge in [-0.25, -0.2) is 0 Å². The predicted molar refractivity (Wildman–Crippen MR) is 101 cm³/mol. The molecule has 132 valence electrons. The summed E-state index contributed by atoms with van der Waals surface area (Å²) in [5.41, 5.74) is 2.36. The van der Waals surface area contributed by atoms with Crippen molar-refractivity contribution in [1.29, 1.82) is 0 Å². The Morgan fingerprint density at radius 2 is 1.75 bits per heavy atom. The average Bonchev–Trinajstić information content (AvgIpc) is 2.49. The maximum absolute atomic E-state index is 11.9. The van der Waals surface area contributed by atoms with Crippen molar-refractivity contribution in [3.63, 3.8) is 0 Å². The molecule has 0 spiro atoms. The van der Waals surface area contributed by atoms with Gasteiger partial charge >= 0.3 is 5.97 Å². The Labute approximate surface area is 147 Å². The molecule has 0 saturated heterocycles. The molecule has 0 aliphatic heterocycles. The van der Waals surface area contributed by atoms with E-state index in [0.717, 1.165) is 0 Å². The van der Waals surface area contributed by atoms with E-state index in [-0.39, 0.29) is 23.0 Å². The van der Waals surface area contributed by atoms with Crippen LogP contribution < -0.4 is 0 Å². The summed E-state index contributed by atoms with van der Waals surface area (Å²) in [4.78, 5) is 11.9. The Kier molecular flexibility index (Phi) is 5.71. The Morgan fingerprint density at radius 3 is 2.33 bits per heavy atom. The number of rotatable bonds is 5. The van der Waals surface area contributed by atoms with Gasteiger partial charge in [0.15, 0.2) is 8.32 Å². The number of benzene rings is 1. The second-order valence-corrected chi connectivity index (χ2v) is 12.7. The number of hydrogen-bond acceptors (Lipinski definition) is 3. The SMILES string of the molecule is CCOC(=O)C[C@@H]1C=C[C@@H](O[Si](C)(C)C(C)(C)C)c2ccccc21. The highest BCUT2D eigenvalue weighted by Crippen LogP contribution is 2.43. The zero-order chi connectivity index (χ0) is 18.0. The van der Waals surface area contributed by atoms with Gasteiger partial charge in [-0.3, -0.25) is 4.79 Å². The Morgan fingerprint density at radius 1 is 1.12 bits per heavy atom. The highest BCUT2D eigenvalue weighted by atomic mass is 28.4. The van der Waals surface area contributed by atoms with E-state index in [1.807, 2.05) is 19.1 Å². The topological polar surface area (TPSA) is 35.5 Å². The van der Waals surface area contributed by atoms with Crippen LogP contribution in [-0.2, 0) is 14.0 Å². The van der Waals surface area contributed by atoms with Gasteiger partial charge in [-0.15, -0.1) is 0 Å². The summed E-state index contributed by atoms with van der Waals surface area (Å²) in [6.07, 6.45) is 4.58. The molecule has 0 N–H and O–H groups in total. The van der Waals surface area contributed by atoms with Crippen molar-refractivity contribution in [3.05, 3.63) is 47.5 Å². The lowest BCUT2D eigenvalue weighted by Gasteiger charge is -2.40. The summed E-state index contributed by atoms with van der Waals surface area (Å²) in [7, 11) is -1.87. The molecule has 0 radical (unpaired) electrons. The first-order chi connectivity index (χ1) is 11.2. The van der Waals surface area contributed by atoms with Gasteiger partial charge in [0.2, 0.25) is 0 Å². The van der Waals surface area contributed by atoms with Crippen molar-refractivity contribution < 1.29 is 14.0 Å². The Balaban J connectivity index is 2.25. The minimum Gasteiger partial charge on any atom is -0.466 e. The maximum Gasteiger partial charge on any atom is 0.306 e. The average molecular weight is 347 g/mol. The minimum atomic E-state index is -1.87. The normalized spacial score (nSPS) is 20.6. The summed E-state index contributed by atoms with van der Waals surface area (Å²) in [5.74, 6) is -0.0785. The number of esters is 1. The fourth-order valence-corrected chi connectivity index (χ4v) is 3.92. The van der Waals surface area contributed by atoms with Crippen molar-refractivity contribution in [2.24, 2.45) is 0 Å². The van der Waals surface area contributed by atoms with E-state index in [1.165, 1.54) is 11.1 Å². The molecule has 0 amide bonds. The van der Waals surface area contributed by atoms with E-state index in [9.17, 15) is 4.79 Å². The largest absolute Gasteiger partial charge is 0.466 e. The lowest BCUT2D eigenvalue weighted by molar-refractivity contribution is -0.143. The molecule has 1 aromatic carbocycles. The van der Waals surface area contributed by atoms with Crippen LogP contribution in [0.4, 0.5) is 0 Å². The quantitative estimate of drug-likeness (QED) is 0.409. The van der Waals surface area contributed by atoms with Gasteiger partial charge in [0.1, 0.15) is 0 Å². The summed E-state index contributed by atoms with van der Waals surface area (Å²) in [6, 6.07) is 8.29. The smallest absolute Gasteiger partial charge is 0.306 e. The molecule has 2 atom stereocenters. The van der Waals surface area contributed by atoms with Crippen LogP contribution in [-0.4, -0.2) is 20.9 Å². The van der Waals surface area contributed by atoms with Crippen LogP contribution >= 0.6 is 0 Å². The molecule has 1 aliphatic rings. The number of carbonyl (C=O) groups excluding carboxylic acids is 1. The van der Waals surface area contributed by atoms with Gasteiger partial charge < -0.3 is 9.16 Å². The summed E-state index contributed by atoms with van der Waals surface area (Å²) in [5, 5.41) is 0.164. The van der Waals surface area contributed by atoms with Gasteiger partial charge in [-0.2, -0.15) is 0 Å². The molecular formula is C20H30O3Si. The Hall–Kier alpha value is -1.39. The molecule has 3 nitrogen and oxygen atoms in total. The summed E-state index contributed by atoms with van der Waals surface area (Å²) < 4.78 is 11.7. The molecule has 1 aromatic rings. The monoisotopic (exact) mass is 346 g/mol. The van der Waals surface area contributed by atoms with E-state index in [2.05, 4.69) is 58.2 Å². The zero-order valence-corrected chi connectivity index (χ0v) is 16.8. The molecule has 24 heavy (non-hydrogen) atoms. The van der Waals surface area contributed by atoms with E-state index in [0.29, 0.717) is 13.0 Å². The number of ether oxygens (including phenoxy) is 1. The molecule has 0 unspecified atom stereocenters. The van der Waals surface area contributed by atoms with Crippen LogP contribution in [0.5, 0.6) is 0 Å². The molecule has 2 rings (SSSR count). The number of fused-ring (bicyclic) bond motifs is 1. The van der Waals surface area contributed by atoms with E-state index < -0.39 is 8.32 Å². The molecular weight excluding hydrogens is 316 g/mol. The van der Waals surface area contributed by atoms with Crippen LogP contribution in [0.2, 0.25) is 18.1 Å². The highest BCUT2D eigenvalue weighted by Gasteiger charge is 2.40. The zero-order valence-electron chi connectivity index (χ0n) is 15.8. The molecule has 0 saturated carbocycles. The molecule has 4 heteroatoms. The van der Waals surface area contributed by atoms with Crippen molar-refractivity contribution in [1.82, 2.24) is 0 Å². The van der Waals surface area contributed by atoms with Crippen LogP contribution in [0, 0.1) is 0 Å². The third-order valence-corrected chi connectivity index (χ3v) is 9.60. The van der Waals surface area contributed by atoms with Crippen molar-refractivity contribution >= 4 is 14.3 Å². The van der Waals surface area contributed by atoms with E-state index in [4.69, 9.17) is 9.16 Å². The van der Waals surface area contributed by atoms with Crippen LogP contribution in [0.25, 0.3) is 0 Å². The number of carbonyl (C=O) groups is 1. The first-order valence-electron chi connectivity index (χ1n) is 8.76. The first kappa shape index (κ1) is 18.9. The second-order valence-electron chi connectivity index (χ2n) is 7.93. The highest BCUT2D eigenvalue weighted by molar-refractivity contribution is 6.74. The lowest BCUT2D eigenvalue weighted by Crippen LogP contribution is -2.42. The lowest BCUT2D eigenvalue weighted by atomic mass is 9.84. The van der Waals surface area contributed by atoms with Gasteiger partial charge in [0.05, 0.1) is 19.1 Å². The molecule has 0 heterocycles. The van der Waals surface area contributed by atoms with E-state index >= 15 is 0 Å². The second kappa shape index (κ2) is 7.24. The number of allylic oxidation sites excluding steroid dienone is 1. The predicted octanol–water partition coefficient (Wildman–Crippen LogP) is 5.36. The minimum absolute atomic E-state index is 0.0273. The van der Waals surface area contributed by atoms with Crippen molar-refractivity contribution in [2.75, 3.05) is 6.61 Å². The fraction of sp³-hybridized carbons (Fsp3) is 0.550. The third kappa shape index (κ3) is 4.17. The van der Waals surface area contributed by atoms with Gasteiger partial charge in [-0.05, 0) is 36.2 Å². The van der Waals surface area contributed by atoms with E-state index in [1.54, 1.807) is 0 Å². The molecule has 1 aliphatic carbocycles. The standard InChI is InChI=1S/C20H30O3Si/c1-7-22-19(21)14-15-12-13-18(17-11-9-8-10-16(15)17)23-24(5,6)20(2,3)4/h8-13,15,18H,7,14H2,1-6H3/t15-,18+/m0/s1. The van der Waals surface area contributed by atoms with Crippen LogP contribution in [0.1, 0.15) is 57.3 Å². The first-order valence-corrected chi connectivity index (χ1v) is 11.7. The molecule has 0 bridgehead atoms. The fourth-order valence-electron chi connectivity index (χ4n) is 2.72. The van der Waals surface area contributed by atoms with Gasteiger partial charge in [-0.1, -0.05) is 57.2 Å². The maximum atomic E-state index is 11.9. The molecule has 0 fully saturated rings. The van der Waals surface area contributed by atoms with Crippen molar-refractivity contribution in [2.45, 2.75) is 64.3 Å². The van der Waals surface area contributed by atoms with Crippen molar-refractivity contribution in [3.8, 4) is 0 Å². The van der Waals surface area contributed by atoms with Crippen LogP contribution in [0.3, 0.4) is 0 Å². The summed E-state index contributed by atoms with van der Waals surface area (Å²) >= 11 is 0. The number of hydrogen-bond donors (Lipinski definition) is 0. The Bertz CT molecular complexity index is 614. The summed E-state index contributed by atoms with van der Waals surface area (Å²) in [6.45, 7) is 13.6. The third-order valence-electron chi connectivity index (χ3n) is 5.14.